The SMILES string of the molecule is Nc1ncc(C(F)(F)F)cc1C#CCN1C(=O)c2ccccc2C1=O. The summed E-state index contributed by atoms with van der Waals surface area (Å²) in [5.74, 6) is 3.79. The number of rotatable bonds is 1. The first-order valence-corrected chi connectivity index (χ1v) is 7.06. The number of alkyl halides is 3. The van der Waals surface area contributed by atoms with E-state index in [1.54, 1.807) is 12.1 Å². The molecule has 2 N–H and O–H groups in total. The molecule has 0 aliphatic carbocycles. The molecule has 0 spiro atoms. The summed E-state index contributed by atoms with van der Waals surface area (Å²) in [7, 11) is 0. The fraction of sp³-hybridized carbons (Fsp3) is 0.118. The van der Waals surface area contributed by atoms with E-state index in [1.807, 2.05) is 0 Å². The lowest BCUT2D eigenvalue weighted by molar-refractivity contribution is -0.137. The number of hydrogen-bond acceptors (Lipinski definition) is 4. The minimum absolute atomic E-state index is 0.119. The van der Waals surface area contributed by atoms with Gasteiger partial charge in [-0.05, 0) is 18.2 Å². The van der Waals surface area contributed by atoms with Crippen molar-refractivity contribution in [3.63, 3.8) is 0 Å². The van der Waals surface area contributed by atoms with E-state index in [2.05, 4.69) is 16.8 Å². The molecule has 1 aromatic heterocycles. The van der Waals surface area contributed by atoms with Crippen molar-refractivity contribution in [3.8, 4) is 11.8 Å². The third-order valence-electron chi connectivity index (χ3n) is 3.58. The van der Waals surface area contributed by atoms with Crippen molar-refractivity contribution in [3.05, 3.63) is 58.8 Å². The van der Waals surface area contributed by atoms with Crippen LogP contribution in [0.2, 0.25) is 0 Å². The third-order valence-corrected chi connectivity index (χ3v) is 3.58. The van der Waals surface area contributed by atoms with Gasteiger partial charge in [-0.25, -0.2) is 4.98 Å². The molecule has 126 valence electrons. The van der Waals surface area contributed by atoms with Crippen molar-refractivity contribution in [1.29, 1.82) is 0 Å². The standard InChI is InChI=1S/C17H10F3N3O2/c18-17(19,20)11-8-10(14(21)22-9-11)4-3-7-23-15(24)12-5-1-2-6-13(12)16(23)25/h1-2,5-6,8-9H,7H2,(H2,21,22). The zero-order valence-corrected chi connectivity index (χ0v) is 12.6. The molecule has 2 heterocycles. The Morgan fingerprint density at radius 3 is 2.28 bits per heavy atom. The molecule has 5 nitrogen and oxygen atoms in total. The highest BCUT2D eigenvalue weighted by atomic mass is 19.4. The molecule has 8 heteroatoms. The summed E-state index contributed by atoms with van der Waals surface area (Å²) in [5, 5.41) is 0. The average Bonchev–Trinajstić information content (AvgIpc) is 2.81. The summed E-state index contributed by atoms with van der Waals surface area (Å²) in [5.41, 5.74) is 4.97. The number of carbonyl (C=O) groups excluding carboxylic acids is 2. The molecule has 1 aliphatic rings. The molecule has 2 amide bonds. The molecular formula is C17H10F3N3O2. The molecular weight excluding hydrogens is 335 g/mol. The van der Waals surface area contributed by atoms with Crippen LogP contribution < -0.4 is 5.73 Å². The molecule has 0 saturated heterocycles. The summed E-state index contributed by atoms with van der Waals surface area (Å²) in [6.07, 6.45) is -3.95. The van der Waals surface area contributed by atoms with Crippen LogP contribution in [0.3, 0.4) is 0 Å². The lowest BCUT2D eigenvalue weighted by atomic mass is 10.1. The van der Waals surface area contributed by atoms with Crippen LogP contribution in [0.5, 0.6) is 0 Å². The Morgan fingerprint density at radius 1 is 1.12 bits per heavy atom. The zero-order chi connectivity index (χ0) is 18.2. The number of benzene rings is 1. The van der Waals surface area contributed by atoms with Gasteiger partial charge >= 0.3 is 6.18 Å². The van der Waals surface area contributed by atoms with Crippen LogP contribution in [0.1, 0.15) is 31.8 Å². The van der Waals surface area contributed by atoms with E-state index in [-0.39, 0.29) is 29.1 Å². The van der Waals surface area contributed by atoms with Gasteiger partial charge in [-0.1, -0.05) is 24.0 Å². The predicted molar refractivity (Wildman–Crippen MR) is 82.3 cm³/mol. The Kier molecular flexibility index (Phi) is 3.93. The van der Waals surface area contributed by atoms with E-state index in [0.717, 1.165) is 11.0 Å². The van der Waals surface area contributed by atoms with Gasteiger partial charge in [0.05, 0.1) is 28.8 Å². The summed E-state index contributed by atoms with van der Waals surface area (Å²) in [6, 6.07) is 7.09. The Labute approximate surface area is 140 Å². The molecule has 0 fully saturated rings. The highest BCUT2D eigenvalue weighted by Crippen LogP contribution is 2.30. The van der Waals surface area contributed by atoms with Gasteiger partial charge in [-0.2, -0.15) is 13.2 Å². The van der Waals surface area contributed by atoms with Crippen molar-refractivity contribution in [2.75, 3.05) is 12.3 Å². The van der Waals surface area contributed by atoms with Crippen LogP contribution >= 0.6 is 0 Å². The number of nitrogens with zero attached hydrogens (tertiary/aromatic N) is 2. The first-order chi connectivity index (χ1) is 11.8. The number of hydrogen-bond donors (Lipinski definition) is 1. The highest BCUT2D eigenvalue weighted by molar-refractivity contribution is 6.21. The van der Waals surface area contributed by atoms with Crippen molar-refractivity contribution >= 4 is 17.6 Å². The van der Waals surface area contributed by atoms with Gasteiger partial charge in [-0.3, -0.25) is 14.5 Å². The second-order valence-electron chi connectivity index (χ2n) is 5.20. The molecule has 0 bridgehead atoms. The quantitative estimate of drug-likeness (QED) is 0.636. The Bertz CT molecular complexity index is 907. The number of halogens is 3. The number of pyridine rings is 1. The molecule has 0 saturated carbocycles. The molecule has 3 rings (SSSR count). The van der Waals surface area contributed by atoms with Gasteiger partial charge in [0.15, 0.2) is 0 Å². The summed E-state index contributed by atoms with van der Waals surface area (Å²) < 4.78 is 38.1. The van der Waals surface area contributed by atoms with Crippen LogP contribution in [0.15, 0.2) is 36.5 Å². The number of anilines is 1. The lowest BCUT2D eigenvalue weighted by Crippen LogP contribution is -2.30. The van der Waals surface area contributed by atoms with E-state index in [0.29, 0.717) is 6.20 Å². The maximum Gasteiger partial charge on any atom is 0.417 e. The van der Waals surface area contributed by atoms with E-state index in [1.165, 1.54) is 12.1 Å². The number of nitrogen functional groups attached to an aromatic ring is 1. The molecule has 0 atom stereocenters. The van der Waals surface area contributed by atoms with Gasteiger partial charge in [0, 0.05) is 6.20 Å². The zero-order valence-electron chi connectivity index (χ0n) is 12.6. The summed E-state index contributed by atoms with van der Waals surface area (Å²) in [6.45, 7) is -0.262. The minimum atomic E-state index is -4.57. The monoisotopic (exact) mass is 345 g/mol. The van der Waals surface area contributed by atoms with E-state index in [4.69, 9.17) is 5.73 Å². The number of aromatic nitrogens is 1. The number of nitrogens with two attached hydrogens (primary N) is 1. The first kappa shape index (κ1) is 16.5. The second-order valence-corrected chi connectivity index (χ2v) is 5.20. The van der Waals surface area contributed by atoms with Crippen LogP contribution in [-0.2, 0) is 6.18 Å². The topological polar surface area (TPSA) is 76.3 Å². The molecule has 1 aromatic carbocycles. The number of fused-ring (bicyclic) bond motifs is 1. The van der Waals surface area contributed by atoms with Crippen LogP contribution in [0, 0.1) is 11.8 Å². The van der Waals surface area contributed by atoms with Crippen LogP contribution in [0.4, 0.5) is 19.0 Å². The second kappa shape index (κ2) is 5.94. The molecule has 2 aromatic rings. The fourth-order valence-electron chi connectivity index (χ4n) is 2.33. The summed E-state index contributed by atoms with van der Waals surface area (Å²) >= 11 is 0. The van der Waals surface area contributed by atoms with E-state index >= 15 is 0 Å². The van der Waals surface area contributed by atoms with Crippen LogP contribution in [-0.4, -0.2) is 28.2 Å². The third kappa shape index (κ3) is 3.04. The van der Waals surface area contributed by atoms with Crippen molar-refractivity contribution in [1.82, 2.24) is 9.88 Å². The summed E-state index contributed by atoms with van der Waals surface area (Å²) in [4.78, 5) is 28.7. The smallest absolute Gasteiger partial charge is 0.383 e. The lowest BCUT2D eigenvalue weighted by Gasteiger charge is -2.09. The van der Waals surface area contributed by atoms with Gasteiger partial charge in [-0.15, -0.1) is 0 Å². The molecule has 25 heavy (non-hydrogen) atoms. The Hall–Kier alpha value is -3.34. The molecule has 1 aliphatic heterocycles. The van der Waals surface area contributed by atoms with E-state index < -0.39 is 23.6 Å². The first-order valence-electron chi connectivity index (χ1n) is 7.06. The van der Waals surface area contributed by atoms with E-state index in [9.17, 15) is 22.8 Å². The van der Waals surface area contributed by atoms with Crippen molar-refractivity contribution in [2.24, 2.45) is 0 Å². The normalized spacial score (nSPS) is 13.5. The Morgan fingerprint density at radius 2 is 1.72 bits per heavy atom. The van der Waals surface area contributed by atoms with Crippen molar-refractivity contribution < 1.29 is 22.8 Å². The predicted octanol–water partition coefficient (Wildman–Crippen LogP) is 2.33. The highest BCUT2D eigenvalue weighted by Gasteiger charge is 2.34. The number of amides is 2. The van der Waals surface area contributed by atoms with Gasteiger partial charge in [0.2, 0.25) is 0 Å². The van der Waals surface area contributed by atoms with Crippen molar-refractivity contribution in [2.45, 2.75) is 6.18 Å². The maximum atomic E-state index is 12.7. The molecule has 0 radical (unpaired) electrons. The number of imide groups is 1. The number of carbonyl (C=O) groups is 2. The molecule has 0 unspecified atom stereocenters. The van der Waals surface area contributed by atoms with Crippen LogP contribution in [0.25, 0.3) is 0 Å². The minimum Gasteiger partial charge on any atom is -0.383 e. The van der Waals surface area contributed by atoms with Gasteiger partial charge in [0.25, 0.3) is 11.8 Å². The maximum absolute atomic E-state index is 12.7. The van der Waals surface area contributed by atoms with Gasteiger partial charge in [0.1, 0.15) is 5.82 Å². The largest absolute Gasteiger partial charge is 0.417 e. The fourth-order valence-corrected chi connectivity index (χ4v) is 2.33. The average molecular weight is 345 g/mol. The Balaban J connectivity index is 1.83. The van der Waals surface area contributed by atoms with Gasteiger partial charge < -0.3 is 5.73 Å².